The van der Waals surface area contributed by atoms with Crippen LogP contribution in [-0.4, -0.2) is 104 Å². The van der Waals surface area contributed by atoms with Gasteiger partial charge in [-0.1, -0.05) is 131 Å². The highest BCUT2D eigenvalue weighted by atomic mass is 127. The molecule has 10 aromatic rings. The lowest BCUT2D eigenvalue weighted by molar-refractivity contribution is -0.132. The smallest absolute Gasteiger partial charge is 0.423 e. The first-order chi connectivity index (χ1) is 50.5. The average molecular weight is 1620 g/mol. The Bertz CT molecular complexity index is 4990. The number of nitrogens with zero attached hydrogens (tertiary/aromatic N) is 11. The Morgan fingerprint density at radius 1 is 0.538 bits per heavy atom. The summed E-state index contributed by atoms with van der Waals surface area (Å²) in [4.78, 5) is 65.2. The Morgan fingerprint density at radius 2 is 1.00 bits per heavy atom. The zero-order valence-corrected chi connectivity index (χ0v) is 64.8. The molecule has 0 bridgehead atoms. The van der Waals surface area contributed by atoms with Crippen LogP contribution in [0.5, 0.6) is 0 Å². The summed E-state index contributed by atoms with van der Waals surface area (Å²) in [7, 11) is -1.44. The van der Waals surface area contributed by atoms with Crippen molar-refractivity contribution in [1.29, 1.82) is 5.26 Å². The van der Waals surface area contributed by atoms with E-state index < -0.39 is 24.8 Å². The molecule has 4 aliphatic rings. The molecule has 4 aromatic heterocycles. The van der Waals surface area contributed by atoms with Crippen LogP contribution in [0.25, 0.3) is 38.6 Å². The Kier molecular flexibility index (Phi) is 27.4. The minimum Gasteiger partial charge on any atom is -0.423 e. The van der Waals surface area contributed by atoms with E-state index in [0.29, 0.717) is 101 Å². The van der Waals surface area contributed by atoms with Crippen LogP contribution in [0.3, 0.4) is 0 Å². The molecule has 4 aliphatic heterocycles. The molecule has 0 atom stereocenters. The predicted molar refractivity (Wildman–Crippen MR) is 422 cm³/mol. The molecule has 6 aromatic carbocycles. The minimum absolute atomic E-state index is 0.0530. The number of nitrogens with two attached hydrogens (primary N) is 4. The van der Waals surface area contributed by atoms with Crippen LogP contribution < -0.4 is 33.7 Å². The molecule has 8 heterocycles. The van der Waals surface area contributed by atoms with Gasteiger partial charge in [-0.25, -0.2) is 4.85 Å². The molecule has 0 saturated carbocycles. The van der Waals surface area contributed by atoms with Crippen LogP contribution in [0.1, 0.15) is 140 Å². The van der Waals surface area contributed by atoms with Gasteiger partial charge in [0.05, 0.1) is 89.3 Å². The van der Waals surface area contributed by atoms with Crippen LogP contribution >= 0.6 is 69.0 Å². The van der Waals surface area contributed by atoms with Crippen molar-refractivity contribution in [2.45, 2.75) is 133 Å². The first-order valence-electron chi connectivity index (χ1n) is 34.1. The van der Waals surface area contributed by atoms with Crippen molar-refractivity contribution in [3.05, 3.63) is 240 Å². The summed E-state index contributed by atoms with van der Waals surface area (Å²) in [6, 6.07) is 35.1. The highest BCUT2D eigenvalue weighted by molar-refractivity contribution is 14.1. The van der Waals surface area contributed by atoms with Crippen LogP contribution in [0.2, 0.25) is 20.1 Å². The standard InChI is InChI=1S/C24H22ClN5O2.C15H16ClN3O.C14H15ClN4O.C9H9N.C8H10IN3O.C7H8BClO2/c1-14-4-6-17(12-18(14)25)23-22(24(26)32)20-13-29(8-9-30(20)28-23)21(31)11-16-5-7-19(27-3)15(2)10-16;1-9-5-6-10(8-11(9)16)14-13(15(17)20)12-4-2-3-7-19(12)18-14;1-8-2-3-9(6-10(8)15)13-12(14(16)20)11-7-17-4-5-19(11)18-13;1-7-3-4-9(6-10)8(2)5-7;9-7-6(8(10)13)5-3-1-2-4-12(5)11-7;1-5-2-3-6(8(10)11)4-7(5)9/h4-7,10,12H,8-9,11,13H2,1-2H3,(H2,26,32);5-6,8H,2-4,7H2,1H3,(H2,17,20);2-3,6,17H,4-5,7H2,1H3,(H2,16,20);3-5H,1-2H3;1-4H2,(H2,10,13);2-4,10-11H,1H3. The molecule has 0 fully saturated rings. The van der Waals surface area contributed by atoms with Gasteiger partial charge in [0, 0.05) is 69.5 Å². The van der Waals surface area contributed by atoms with Crippen LogP contribution in [0.4, 0.5) is 5.69 Å². The Morgan fingerprint density at radius 3 is 1.46 bits per heavy atom. The number of aryl methyl sites for hydroxylation is 9. The number of halogens is 5. The van der Waals surface area contributed by atoms with Gasteiger partial charge in [-0.3, -0.25) is 42.7 Å². The molecule has 0 saturated heterocycles. The normalized spacial score (nSPS) is 13.0. The number of rotatable bonds is 10. The number of nitrogens with one attached hydrogen (secondary N) is 1. The number of hydrogen-bond acceptors (Lipinski definition) is 13. The second-order valence-electron chi connectivity index (χ2n) is 26.0. The van der Waals surface area contributed by atoms with Gasteiger partial charge in [-0.05, 0) is 184 Å². The van der Waals surface area contributed by atoms with E-state index in [9.17, 15) is 24.0 Å². The summed E-state index contributed by atoms with van der Waals surface area (Å²) in [6.45, 7) is 25.8. The van der Waals surface area contributed by atoms with E-state index in [4.69, 9.17) is 91.2 Å². The molecule has 0 spiro atoms. The maximum absolute atomic E-state index is 13.0. The fourth-order valence-electron chi connectivity index (χ4n) is 12.5. The molecular formula is C77H80BCl4IN16O7. The molecule has 5 amide bonds. The second kappa shape index (κ2) is 36.1. The van der Waals surface area contributed by atoms with Gasteiger partial charge in [0.15, 0.2) is 5.69 Å². The van der Waals surface area contributed by atoms with Crippen LogP contribution in [0, 0.1) is 70.1 Å². The number of carbonyl (C=O) groups is 5. The first kappa shape index (κ1) is 80.4. The van der Waals surface area contributed by atoms with Crippen molar-refractivity contribution in [2.24, 2.45) is 22.9 Å². The van der Waals surface area contributed by atoms with Crippen molar-refractivity contribution in [1.82, 2.24) is 49.3 Å². The molecule has 0 radical (unpaired) electrons. The van der Waals surface area contributed by atoms with Crippen molar-refractivity contribution >= 4 is 117 Å². The highest BCUT2D eigenvalue weighted by Gasteiger charge is 2.31. The molecule has 14 rings (SSSR count). The van der Waals surface area contributed by atoms with E-state index in [1.807, 2.05) is 135 Å². The predicted octanol–water partition coefficient (Wildman–Crippen LogP) is 12.1. The molecule has 11 N–H and O–H groups in total. The van der Waals surface area contributed by atoms with Crippen molar-refractivity contribution in [3.63, 3.8) is 0 Å². The number of amides is 5. The quantitative estimate of drug-likeness (QED) is 0.0381. The summed E-state index contributed by atoms with van der Waals surface area (Å²) >= 11 is 26.4. The van der Waals surface area contributed by atoms with Gasteiger partial charge >= 0.3 is 7.12 Å². The zero-order chi connectivity index (χ0) is 77.0. The van der Waals surface area contributed by atoms with Crippen molar-refractivity contribution in [3.8, 4) is 39.8 Å². The SMILES string of the molecule is Cc1ccc(-c2nn3c(c2C(N)=O)CCCC3)cc1Cl.Cc1ccc(-c2nn3c(c2C(N)=O)CNCC3)cc1Cl.Cc1ccc(B(O)O)cc1Cl.Cc1ccc(C#N)c(C)c1.NC(=O)c1c(I)nn2c1CCCC2.[C-]#[N+]c1ccc(CC(=O)N2CCn3nc(-c4ccc(C)c(Cl)c4)c(C(N)=O)c3C2)cc1C. The summed E-state index contributed by atoms with van der Waals surface area (Å²) in [5, 5.41) is 49.7. The Labute approximate surface area is 648 Å². The number of nitriles is 1. The zero-order valence-electron chi connectivity index (χ0n) is 59.6. The lowest BCUT2D eigenvalue weighted by atomic mass is 9.80. The molecule has 0 aliphatic carbocycles. The van der Waals surface area contributed by atoms with Gasteiger partial charge in [0.1, 0.15) is 20.8 Å². The molecule has 23 nitrogen and oxygen atoms in total. The summed E-state index contributed by atoms with van der Waals surface area (Å²) in [6.07, 6.45) is 6.42. The average Bonchev–Trinajstić information content (AvgIpc) is 1.63. The number of aromatic nitrogens is 8. The summed E-state index contributed by atoms with van der Waals surface area (Å²) in [5.41, 5.74) is 41.2. The lowest BCUT2D eigenvalue weighted by Crippen LogP contribution is -2.40. The molecule has 29 heteroatoms. The Hall–Kier alpha value is -9.68. The van der Waals surface area contributed by atoms with Crippen LogP contribution in [0.15, 0.2) is 109 Å². The van der Waals surface area contributed by atoms with Crippen molar-refractivity contribution in [2.75, 3.05) is 13.1 Å². The summed E-state index contributed by atoms with van der Waals surface area (Å²) in [5.74, 6) is -1.87. The van der Waals surface area contributed by atoms with E-state index in [1.165, 1.54) is 5.56 Å². The van der Waals surface area contributed by atoms with Gasteiger partial charge in [0.25, 0.3) is 23.6 Å². The molecule has 0 unspecified atom stereocenters. The van der Waals surface area contributed by atoms with E-state index >= 15 is 0 Å². The van der Waals surface area contributed by atoms with Gasteiger partial charge in [-0.2, -0.15) is 25.7 Å². The van der Waals surface area contributed by atoms with Gasteiger partial charge in [-0.15, -0.1) is 0 Å². The van der Waals surface area contributed by atoms with E-state index in [1.54, 1.807) is 46.0 Å². The fraction of sp³-hybridized carbons (Fsp3) is 0.286. The van der Waals surface area contributed by atoms with Crippen LogP contribution in [-0.2, 0) is 63.3 Å². The van der Waals surface area contributed by atoms with E-state index in [-0.39, 0.29) is 24.8 Å². The van der Waals surface area contributed by atoms with Gasteiger partial charge in [0.2, 0.25) is 5.91 Å². The minimum atomic E-state index is -1.44. The fourth-order valence-corrected chi connectivity index (χ4v) is 14.1. The third-order valence-electron chi connectivity index (χ3n) is 18.4. The highest BCUT2D eigenvalue weighted by Crippen LogP contribution is 2.35. The summed E-state index contributed by atoms with van der Waals surface area (Å²) < 4.78 is 8.15. The van der Waals surface area contributed by atoms with E-state index in [0.717, 1.165) is 141 Å². The number of carbonyl (C=O) groups excluding carboxylic acids is 5. The molecule has 106 heavy (non-hydrogen) atoms. The molecular weight excluding hydrogens is 1540 g/mol. The number of benzene rings is 6. The Balaban J connectivity index is 0.000000154. The number of hydrogen-bond donors (Lipinski definition) is 7. The molecule has 548 valence electrons. The second-order valence-corrected chi connectivity index (χ2v) is 28.6. The van der Waals surface area contributed by atoms with Gasteiger partial charge < -0.3 is 43.2 Å². The number of primary amides is 4. The largest absolute Gasteiger partial charge is 0.488 e. The third kappa shape index (κ3) is 19.3. The number of fused-ring (bicyclic) bond motifs is 4. The lowest BCUT2D eigenvalue weighted by Gasteiger charge is -2.28. The maximum Gasteiger partial charge on any atom is 0.488 e. The van der Waals surface area contributed by atoms with E-state index in [2.05, 4.69) is 59.2 Å². The first-order valence-corrected chi connectivity index (χ1v) is 36.7. The third-order valence-corrected chi connectivity index (χ3v) is 20.8. The maximum atomic E-state index is 13.0. The topological polar surface area (TPSA) is 345 Å². The van der Waals surface area contributed by atoms with Crippen molar-refractivity contribution < 1.29 is 34.0 Å². The monoisotopic (exact) mass is 1620 g/mol.